The number of methoxy groups -OCH3 is 4. The number of hydrogen-bond acceptors (Lipinski definition) is 9. The molecule has 1 aliphatic rings. The number of hydrogen-bond donors (Lipinski definition) is 0. The van der Waals surface area contributed by atoms with Crippen LogP contribution >= 0.6 is 22.9 Å². The van der Waals surface area contributed by atoms with E-state index in [0.717, 1.165) is 39.4 Å². The van der Waals surface area contributed by atoms with Gasteiger partial charge in [0.2, 0.25) is 0 Å². The van der Waals surface area contributed by atoms with Crippen molar-refractivity contribution in [3.05, 3.63) is 116 Å². The van der Waals surface area contributed by atoms with Crippen LogP contribution in [0.1, 0.15) is 53.1 Å². The van der Waals surface area contributed by atoms with Gasteiger partial charge in [-0.2, -0.15) is 10.4 Å². The van der Waals surface area contributed by atoms with Crippen molar-refractivity contribution in [3.8, 4) is 34.8 Å². The van der Waals surface area contributed by atoms with Crippen LogP contribution in [0.4, 0.5) is 10.7 Å². The van der Waals surface area contributed by atoms with Crippen LogP contribution < -0.4 is 18.9 Å². The van der Waals surface area contributed by atoms with Gasteiger partial charge in [0.25, 0.3) is 0 Å². The number of aryl methyl sites for hydroxylation is 1. The smallest absolute Gasteiger partial charge is 0.183 e. The third-order valence-corrected chi connectivity index (χ3v) is 10.4. The molecule has 0 radical (unpaired) electrons. The van der Waals surface area contributed by atoms with Gasteiger partial charge in [-0.15, -0.1) is 21.6 Å². The minimum atomic E-state index is -0.286. The largest absolute Gasteiger partial charge is 0.493 e. The Morgan fingerprint density at radius 3 is 2.27 bits per heavy atom. The molecular formula is C40H37ClN6O4S. The first-order valence-corrected chi connectivity index (χ1v) is 17.5. The second kappa shape index (κ2) is 15.3. The number of aromatic nitrogens is 2. The van der Waals surface area contributed by atoms with Crippen molar-refractivity contribution < 1.29 is 18.9 Å². The number of azo groups is 1. The van der Waals surface area contributed by atoms with Crippen molar-refractivity contribution in [2.75, 3.05) is 28.4 Å². The van der Waals surface area contributed by atoms with Gasteiger partial charge in [-0.05, 0) is 73.5 Å². The summed E-state index contributed by atoms with van der Waals surface area (Å²) in [5.74, 6) is 2.44. The van der Waals surface area contributed by atoms with E-state index in [1.54, 1.807) is 63.5 Å². The summed E-state index contributed by atoms with van der Waals surface area (Å²) in [6.45, 7) is 6.29. The maximum absolute atomic E-state index is 10.6. The van der Waals surface area contributed by atoms with Gasteiger partial charge in [-0.1, -0.05) is 49.7 Å². The van der Waals surface area contributed by atoms with Crippen molar-refractivity contribution in [1.82, 2.24) is 9.78 Å². The Balaban J connectivity index is 1.43. The van der Waals surface area contributed by atoms with Gasteiger partial charge in [0.15, 0.2) is 28.8 Å². The van der Waals surface area contributed by atoms with Gasteiger partial charge in [0.05, 0.1) is 51.1 Å². The first kappa shape index (κ1) is 36.1. The van der Waals surface area contributed by atoms with E-state index >= 15 is 0 Å². The van der Waals surface area contributed by atoms with Crippen LogP contribution in [0.5, 0.6) is 23.0 Å². The number of ether oxygens (including phenoxy) is 4. The fraction of sp³-hybridized carbons (Fsp3) is 0.225. The van der Waals surface area contributed by atoms with Crippen LogP contribution in [-0.4, -0.2) is 44.1 Å². The monoisotopic (exact) mass is 732 g/mol. The highest BCUT2D eigenvalue weighted by Crippen LogP contribution is 2.49. The Morgan fingerprint density at radius 2 is 1.60 bits per heavy atom. The molecule has 0 bridgehead atoms. The van der Waals surface area contributed by atoms with E-state index < -0.39 is 0 Å². The molecule has 0 unspecified atom stereocenters. The third-order valence-electron chi connectivity index (χ3n) is 8.62. The molecule has 52 heavy (non-hydrogen) atoms. The zero-order valence-electron chi connectivity index (χ0n) is 29.9. The molecule has 0 aliphatic heterocycles. The van der Waals surface area contributed by atoms with Gasteiger partial charge < -0.3 is 18.9 Å². The number of thiophene rings is 1. The van der Waals surface area contributed by atoms with E-state index in [1.807, 2.05) is 49.4 Å². The quantitative estimate of drug-likeness (QED) is 0.0802. The van der Waals surface area contributed by atoms with Gasteiger partial charge in [-0.3, -0.25) is 0 Å². The molecule has 6 rings (SSSR count). The van der Waals surface area contributed by atoms with Crippen molar-refractivity contribution in [3.63, 3.8) is 0 Å². The molecule has 2 aromatic heterocycles. The summed E-state index contributed by atoms with van der Waals surface area (Å²) in [6, 6.07) is 22.9. The highest BCUT2D eigenvalue weighted by atomic mass is 35.5. The average molecular weight is 733 g/mol. The molecule has 264 valence electrons. The predicted octanol–water partition coefficient (Wildman–Crippen LogP) is 10.4. The summed E-state index contributed by atoms with van der Waals surface area (Å²) in [4.78, 5) is 6.05. The highest BCUT2D eigenvalue weighted by Gasteiger charge is 2.33. The van der Waals surface area contributed by atoms with E-state index in [2.05, 4.69) is 47.4 Å². The molecule has 12 heteroatoms. The first-order valence-electron chi connectivity index (χ1n) is 16.3. The first-order chi connectivity index (χ1) is 25.1. The summed E-state index contributed by atoms with van der Waals surface area (Å²) in [5.41, 5.74) is 5.77. The Kier molecular flexibility index (Phi) is 10.6. The zero-order chi connectivity index (χ0) is 37.0. The number of nitriles is 1. The Morgan fingerprint density at radius 1 is 0.923 bits per heavy atom. The third kappa shape index (κ3) is 7.21. The molecule has 5 aromatic rings. The number of rotatable bonds is 10. The number of halogens is 1. The van der Waals surface area contributed by atoms with Crippen LogP contribution in [0, 0.1) is 18.3 Å². The number of allylic oxidation sites excluding steroid dienone is 2. The molecular weight excluding hydrogens is 696 g/mol. The SMILES string of the molecule is COc1ccc(N=N/C(=N/c2sc3c(c2C#N)C=C(/C=C\c2c(C)nn(-c4ccccc4)c2Cl)CC3(C)C)c2ccc(OC)c(OC)c2)cc1OC. The van der Waals surface area contributed by atoms with Crippen molar-refractivity contribution >= 4 is 51.6 Å². The zero-order valence-corrected chi connectivity index (χ0v) is 31.5. The highest BCUT2D eigenvalue weighted by molar-refractivity contribution is 7.16. The molecule has 1 aliphatic carbocycles. The molecule has 0 atom stereocenters. The summed E-state index contributed by atoms with van der Waals surface area (Å²) in [7, 11) is 6.27. The predicted molar refractivity (Wildman–Crippen MR) is 207 cm³/mol. The van der Waals surface area contributed by atoms with E-state index in [4.69, 9.17) is 35.5 Å². The lowest BCUT2D eigenvalue weighted by Gasteiger charge is -2.29. The molecule has 10 nitrogen and oxygen atoms in total. The lowest BCUT2D eigenvalue weighted by Crippen LogP contribution is -2.20. The number of amidine groups is 1. The van der Waals surface area contributed by atoms with Gasteiger partial charge in [-0.25, -0.2) is 9.67 Å². The van der Waals surface area contributed by atoms with Crippen LogP contribution in [0.3, 0.4) is 0 Å². The number of fused-ring (bicyclic) bond motifs is 1. The number of para-hydroxylation sites is 1. The molecule has 2 heterocycles. The molecule has 0 saturated heterocycles. The summed E-state index contributed by atoms with van der Waals surface area (Å²) >= 11 is 8.31. The van der Waals surface area contributed by atoms with Gasteiger partial charge in [0, 0.05) is 33.0 Å². The summed E-state index contributed by atoms with van der Waals surface area (Å²) in [5, 5.41) is 25.4. The minimum absolute atomic E-state index is 0.285. The van der Waals surface area contributed by atoms with Crippen LogP contribution in [-0.2, 0) is 5.41 Å². The van der Waals surface area contributed by atoms with E-state index in [-0.39, 0.29) is 11.3 Å². The molecule has 0 N–H and O–H groups in total. The van der Waals surface area contributed by atoms with Crippen LogP contribution in [0.15, 0.2) is 93.6 Å². The van der Waals surface area contributed by atoms with E-state index in [0.29, 0.717) is 50.0 Å². The van der Waals surface area contributed by atoms with Gasteiger partial charge >= 0.3 is 0 Å². The molecule has 0 amide bonds. The molecule has 0 fully saturated rings. The fourth-order valence-corrected chi connectivity index (χ4v) is 7.57. The molecule has 0 saturated carbocycles. The Bertz CT molecular complexity index is 2300. The van der Waals surface area contributed by atoms with E-state index in [9.17, 15) is 5.26 Å². The topological polar surface area (TPSA) is 116 Å². The number of aliphatic imine (C=N–C) groups is 1. The second-order valence-electron chi connectivity index (χ2n) is 12.5. The molecule has 3 aromatic carbocycles. The van der Waals surface area contributed by atoms with Crippen LogP contribution in [0.2, 0.25) is 5.15 Å². The van der Waals surface area contributed by atoms with E-state index in [1.165, 1.54) is 11.3 Å². The lowest BCUT2D eigenvalue weighted by atomic mass is 9.77. The Labute approximate surface area is 311 Å². The maximum atomic E-state index is 10.6. The summed E-state index contributed by atoms with van der Waals surface area (Å²) in [6.07, 6.45) is 6.87. The molecule has 0 spiro atoms. The van der Waals surface area contributed by atoms with Gasteiger partial charge in [0.1, 0.15) is 16.2 Å². The maximum Gasteiger partial charge on any atom is 0.183 e. The van der Waals surface area contributed by atoms with Crippen molar-refractivity contribution in [2.45, 2.75) is 32.6 Å². The normalized spacial score (nSPS) is 13.9. The van der Waals surface area contributed by atoms with Crippen molar-refractivity contribution in [2.24, 2.45) is 15.2 Å². The van der Waals surface area contributed by atoms with Crippen molar-refractivity contribution in [1.29, 1.82) is 5.26 Å². The standard InChI is InChI=1S/C40H37ClN6O4S/c1-24-29(37(41)47(46-24)28-11-9-8-10-12-28)16-13-25-19-30-31(23-42)39(52-36(30)40(2,3)22-25)43-38(26-14-17-32(48-4)34(20-26)50-6)45-44-27-15-18-33(49-5)35(21-27)51-7/h8-21H,22H2,1-7H3/b16-13-,43-38+,45-44?. The summed E-state index contributed by atoms with van der Waals surface area (Å²) < 4.78 is 23.6. The number of benzene rings is 3. The van der Waals surface area contributed by atoms with Crippen LogP contribution in [0.25, 0.3) is 17.8 Å². The lowest BCUT2D eigenvalue weighted by molar-refractivity contribution is 0.355. The minimum Gasteiger partial charge on any atom is -0.493 e. The fourth-order valence-electron chi connectivity index (χ4n) is 6.03. The second-order valence-corrected chi connectivity index (χ2v) is 13.9. The average Bonchev–Trinajstić information content (AvgIpc) is 3.67. The number of nitrogens with zero attached hydrogens (tertiary/aromatic N) is 6. The Hall–Kier alpha value is -5.70.